The molecule has 0 atom stereocenters. The van der Waals surface area contributed by atoms with E-state index in [0.717, 1.165) is 37.1 Å². The van der Waals surface area contributed by atoms with Crippen LogP contribution in [0.5, 0.6) is 0 Å². The molecule has 4 rings (SSSR count). The zero-order chi connectivity index (χ0) is 17.4. The van der Waals surface area contributed by atoms with Gasteiger partial charge >= 0.3 is 6.18 Å². The first-order valence-electron chi connectivity index (χ1n) is 8.14. The number of halogens is 3. The van der Waals surface area contributed by atoms with Crippen LogP contribution in [-0.4, -0.2) is 26.3 Å². The first kappa shape index (κ1) is 15.9. The van der Waals surface area contributed by atoms with Crippen molar-refractivity contribution in [1.82, 2.24) is 19.7 Å². The number of nitrogens with zero attached hydrogens (tertiary/aromatic N) is 4. The molecule has 2 aromatic heterocycles. The number of aryl methyl sites for hydroxylation is 1. The summed E-state index contributed by atoms with van der Waals surface area (Å²) in [6, 6.07) is 7.88. The molecule has 0 unspecified atom stereocenters. The first-order chi connectivity index (χ1) is 12.0. The maximum Gasteiger partial charge on any atom is 0.433 e. The van der Waals surface area contributed by atoms with Gasteiger partial charge in [0, 0.05) is 37.0 Å². The topological polar surface area (TPSA) is 55.6 Å². The number of hydrogen-bond acceptors (Lipinski definition) is 4. The van der Waals surface area contributed by atoms with Crippen molar-refractivity contribution in [2.75, 3.05) is 11.9 Å². The lowest BCUT2D eigenvalue weighted by Gasteiger charge is -2.13. The molecule has 1 aromatic carbocycles. The van der Waals surface area contributed by atoms with Crippen LogP contribution in [0.15, 0.2) is 30.3 Å². The molecule has 1 aliphatic heterocycles. The second kappa shape index (κ2) is 6.02. The fourth-order valence-electron chi connectivity index (χ4n) is 3.17. The van der Waals surface area contributed by atoms with Gasteiger partial charge in [0.05, 0.1) is 5.52 Å². The quantitative estimate of drug-likeness (QED) is 0.785. The summed E-state index contributed by atoms with van der Waals surface area (Å²) >= 11 is 0. The molecule has 0 fully saturated rings. The number of hydrogen-bond donors (Lipinski definition) is 1. The molecule has 130 valence electrons. The van der Waals surface area contributed by atoms with Crippen LogP contribution in [0.1, 0.15) is 23.8 Å². The predicted molar refractivity (Wildman–Crippen MR) is 87.3 cm³/mol. The van der Waals surface area contributed by atoms with Gasteiger partial charge in [0.25, 0.3) is 0 Å². The number of fused-ring (bicyclic) bond motifs is 2. The summed E-state index contributed by atoms with van der Waals surface area (Å²) in [5.41, 5.74) is -0.139. The van der Waals surface area contributed by atoms with Crippen LogP contribution in [0.2, 0.25) is 0 Å². The SMILES string of the molecule is FC(F)(F)c1cc(NCCc2nnc3n2CCC3)c2ccccc2n1. The highest BCUT2D eigenvalue weighted by Crippen LogP contribution is 2.33. The van der Waals surface area contributed by atoms with Crippen LogP contribution >= 0.6 is 0 Å². The number of alkyl halides is 3. The second-order valence-corrected chi connectivity index (χ2v) is 6.03. The maximum atomic E-state index is 13.1. The van der Waals surface area contributed by atoms with E-state index in [-0.39, 0.29) is 0 Å². The molecule has 1 aliphatic rings. The zero-order valence-corrected chi connectivity index (χ0v) is 13.3. The molecule has 1 N–H and O–H groups in total. The fraction of sp³-hybridized carbons (Fsp3) is 0.353. The number of rotatable bonds is 4. The molecule has 0 radical (unpaired) electrons. The number of benzene rings is 1. The van der Waals surface area contributed by atoms with Crippen LogP contribution in [0.3, 0.4) is 0 Å². The van der Waals surface area contributed by atoms with Crippen molar-refractivity contribution in [1.29, 1.82) is 0 Å². The largest absolute Gasteiger partial charge is 0.433 e. The predicted octanol–water partition coefficient (Wildman–Crippen LogP) is 3.45. The van der Waals surface area contributed by atoms with Crippen LogP contribution in [0.4, 0.5) is 18.9 Å². The summed E-state index contributed by atoms with van der Waals surface area (Å²) in [6.45, 7) is 1.39. The molecular formula is C17H16F3N5. The highest BCUT2D eigenvalue weighted by molar-refractivity contribution is 5.91. The lowest BCUT2D eigenvalue weighted by Crippen LogP contribution is -2.13. The molecule has 0 saturated carbocycles. The van der Waals surface area contributed by atoms with E-state index in [1.807, 2.05) is 0 Å². The summed E-state index contributed by atoms with van der Waals surface area (Å²) in [6.07, 6.45) is -1.88. The normalized spacial score (nSPS) is 14.0. The van der Waals surface area contributed by atoms with E-state index in [2.05, 4.69) is 25.1 Å². The highest BCUT2D eigenvalue weighted by atomic mass is 19.4. The molecule has 0 bridgehead atoms. The molecule has 8 heteroatoms. The van der Waals surface area contributed by atoms with Gasteiger partial charge in [0.15, 0.2) is 0 Å². The number of aromatic nitrogens is 4. The standard InChI is InChI=1S/C17H16F3N5/c18-17(19,20)14-10-13(11-4-1-2-5-12(11)22-14)21-8-7-16-24-23-15-6-3-9-25(15)16/h1-2,4-5,10H,3,6-9H2,(H,21,22). The Morgan fingerprint density at radius 3 is 2.84 bits per heavy atom. The van der Waals surface area contributed by atoms with E-state index >= 15 is 0 Å². The Morgan fingerprint density at radius 1 is 1.16 bits per heavy atom. The van der Waals surface area contributed by atoms with E-state index in [0.29, 0.717) is 29.6 Å². The lowest BCUT2D eigenvalue weighted by molar-refractivity contribution is -0.140. The van der Waals surface area contributed by atoms with Gasteiger partial charge in [-0.15, -0.1) is 10.2 Å². The molecule has 0 amide bonds. The minimum absolute atomic E-state index is 0.322. The lowest BCUT2D eigenvalue weighted by atomic mass is 10.1. The van der Waals surface area contributed by atoms with Crippen LogP contribution < -0.4 is 5.32 Å². The smallest absolute Gasteiger partial charge is 0.384 e. The highest BCUT2D eigenvalue weighted by Gasteiger charge is 2.33. The summed E-state index contributed by atoms with van der Waals surface area (Å²) in [4.78, 5) is 3.72. The van der Waals surface area contributed by atoms with Crippen molar-refractivity contribution in [2.45, 2.75) is 32.0 Å². The van der Waals surface area contributed by atoms with Gasteiger partial charge in [-0.25, -0.2) is 4.98 Å². The van der Waals surface area contributed by atoms with Gasteiger partial charge in [-0.05, 0) is 18.6 Å². The van der Waals surface area contributed by atoms with Crippen molar-refractivity contribution < 1.29 is 13.2 Å². The van der Waals surface area contributed by atoms with E-state index < -0.39 is 11.9 Å². The number of para-hydroxylation sites is 1. The van der Waals surface area contributed by atoms with Gasteiger partial charge in [-0.1, -0.05) is 18.2 Å². The average molecular weight is 347 g/mol. The van der Waals surface area contributed by atoms with Crippen LogP contribution in [-0.2, 0) is 25.6 Å². The molecular weight excluding hydrogens is 331 g/mol. The van der Waals surface area contributed by atoms with Gasteiger partial charge in [0.2, 0.25) is 0 Å². The van der Waals surface area contributed by atoms with Gasteiger partial charge in [0.1, 0.15) is 17.3 Å². The zero-order valence-electron chi connectivity index (χ0n) is 13.3. The Kier molecular flexibility index (Phi) is 3.82. The Balaban J connectivity index is 1.57. The average Bonchev–Trinajstić information content (AvgIpc) is 3.18. The Morgan fingerprint density at radius 2 is 2.00 bits per heavy atom. The number of nitrogens with one attached hydrogen (secondary N) is 1. The van der Waals surface area contributed by atoms with Crippen LogP contribution in [0.25, 0.3) is 10.9 Å². The van der Waals surface area contributed by atoms with E-state index in [1.165, 1.54) is 0 Å². The first-order valence-corrected chi connectivity index (χ1v) is 8.14. The Bertz CT molecular complexity index is 916. The Labute approximate surface area is 141 Å². The molecule has 0 saturated heterocycles. The van der Waals surface area contributed by atoms with E-state index in [9.17, 15) is 13.2 Å². The van der Waals surface area contributed by atoms with Crippen LogP contribution in [0, 0.1) is 0 Å². The Hall–Kier alpha value is -2.64. The van der Waals surface area contributed by atoms with E-state index in [1.54, 1.807) is 24.3 Å². The van der Waals surface area contributed by atoms with Crippen molar-refractivity contribution in [3.8, 4) is 0 Å². The summed E-state index contributed by atoms with van der Waals surface area (Å²) in [7, 11) is 0. The third-order valence-electron chi connectivity index (χ3n) is 4.36. The molecule has 0 aliphatic carbocycles. The third kappa shape index (κ3) is 3.04. The molecule has 5 nitrogen and oxygen atoms in total. The van der Waals surface area contributed by atoms with Crippen molar-refractivity contribution in [3.63, 3.8) is 0 Å². The summed E-state index contributed by atoms with van der Waals surface area (Å²) < 4.78 is 41.3. The van der Waals surface area contributed by atoms with Crippen molar-refractivity contribution in [3.05, 3.63) is 47.7 Å². The van der Waals surface area contributed by atoms with Crippen molar-refractivity contribution >= 4 is 16.6 Å². The molecule has 3 aromatic rings. The number of pyridine rings is 1. The van der Waals surface area contributed by atoms with Gasteiger partial charge in [-0.2, -0.15) is 13.2 Å². The summed E-state index contributed by atoms with van der Waals surface area (Å²) in [5, 5.41) is 12.1. The minimum atomic E-state index is -4.48. The van der Waals surface area contributed by atoms with Crippen molar-refractivity contribution in [2.24, 2.45) is 0 Å². The molecule has 25 heavy (non-hydrogen) atoms. The minimum Gasteiger partial charge on any atom is -0.384 e. The third-order valence-corrected chi connectivity index (χ3v) is 4.36. The second-order valence-electron chi connectivity index (χ2n) is 6.03. The fourth-order valence-corrected chi connectivity index (χ4v) is 3.17. The molecule has 0 spiro atoms. The van der Waals surface area contributed by atoms with Gasteiger partial charge < -0.3 is 9.88 Å². The summed E-state index contributed by atoms with van der Waals surface area (Å²) in [5.74, 6) is 1.86. The number of anilines is 1. The van der Waals surface area contributed by atoms with Gasteiger partial charge in [-0.3, -0.25) is 0 Å². The monoisotopic (exact) mass is 347 g/mol. The van der Waals surface area contributed by atoms with E-state index in [4.69, 9.17) is 0 Å². The maximum absolute atomic E-state index is 13.1. The molecule has 3 heterocycles.